The molecule has 5 atom stereocenters. The van der Waals surface area contributed by atoms with Gasteiger partial charge < -0.3 is 37.6 Å². The van der Waals surface area contributed by atoms with Gasteiger partial charge in [-0.1, -0.05) is 0 Å². The zero-order valence-corrected chi connectivity index (χ0v) is 25.5. The first-order valence-electron chi connectivity index (χ1n) is 13.4. The molecule has 1 aliphatic heterocycles. The Kier molecular flexibility index (Phi) is 10.9. The second-order valence-electron chi connectivity index (χ2n) is 10.00. The van der Waals surface area contributed by atoms with Crippen molar-refractivity contribution in [2.75, 3.05) is 13.7 Å². The molecule has 0 spiro atoms. The van der Waals surface area contributed by atoms with Crippen LogP contribution in [0.1, 0.15) is 64.5 Å². The average molecular weight is 619 g/mol. The summed E-state index contributed by atoms with van der Waals surface area (Å²) in [5.74, 6) is -3.40. The number of aryl methyl sites for hydroxylation is 1. The predicted octanol–water partition coefficient (Wildman–Crippen LogP) is 2.83. The molecule has 3 rings (SSSR count). The number of carbonyl (C=O) groups excluding carboxylic acids is 5. The average Bonchev–Trinajstić information content (AvgIpc) is 2.88. The Labute approximate surface area is 252 Å². The molecular weight excluding hydrogens is 584 g/mol. The van der Waals surface area contributed by atoms with E-state index in [2.05, 4.69) is 0 Å². The van der Waals surface area contributed by atoms with Gasteiger partial charge in [0.15, 0.2) is 23.7 Å². The van der Waals surface area contributed by atoms with Crippen molar-refractivity contribution in [2.24, 2.45) is 0 Å². The molecule has 0 amide bonds. The van der Waals surface area contributed by atoms with Gasteiger partial charge in [-0.2, -0.15) is 0 Å². The fourth-order valence-electron chi connectivity index (χ4n) is 4.96. The summed E-state index contributed by atoms with van der Waals surface area (Å²) >= 11 is 0. The van der Waals surface area contributed by atoms with Gasteiger partial charge in [0, 0.05) is 46.8 Å². The van der Waals surface area contributed by atoms with E-state index >= 15 is 0 Å². The Balaban J connectivity index is 2.39. The zero-order chi connectivity index (χ0) is 32.9. The normalized spacial score (nSPS) is 21.6. The maximum atomic E-state index is 13.4. The largest absolute Gasteiger partial charge is 0.496 e. The van der Waals surface area contributed by atoms with Gasteiger partial charge in [-0.05, 0) is 25.5 Å². The molecule has 44 heavy (non-hydrogen) atoms. The van der Waals surface area contributed by atoms with Gasteiger partial charge in [0.2, 0.25) is 0 Å². The Hall–Kier alpha value is -4.72. The maximum Gasteiger partial charge on any atom is 0.307 e. The van der Waals surface area contributed by atoms with E-state index in [1.165, 1.54) is 33.1 Å². The van der Waals surface area contributed by atoms with Crippen molar-refractivity contribution in [1.29, 1.82) is 0 Å². The molecule has 2 heterocycles. The Morgan fingerprint density at radius 1 is 0.818 bits per heavy atom. The van der Waals surface area contributed by atoms with Crippen LogP contribution >= 0.6 is 0 Å². The number of benzene rings is 1. The summed E-state index contributed by atoms with van der Waals surface area (Å²) in [6, 6.07) is 2.74. The molecular formula is C30H34O14. The van der Waals surface area contributed by atoms with Gasteiger partial charge in [0.25, 0.3) is 0 Å². The number of rotatable bonds is 9. The van der Waals surface area contributed by atoms with Crippen LogP contribution in [0.25, 0.3) is 17.0 Å². The molecule has 1 aromatic carbocycles. The van der Waals surface area contributed by atoms with Crippen molar-refractivity contribution in [2.45, 2.75) is 79.0 Å². The smallest absolute Gasteiger partial charge is 0.307 e. The standard InChI is InChI=1S/C30H34O14/c1-13-9-22(37-8)25(27-24(13)21(36)11-20(43-27)10-14(2)39-16(4)32)28-30(42-19(7)35)29(41-18(6)34)26(40-17(5)33)23(44-28)12-38-15(3)31/h9-11,23,26,28-30H,12H2,1-8H3/b14-10+/t23-,26-,28+,29+,30+/m1/s1. The number of methoxy groups -OCH3 is 1. The SMILES string of the molecule is COc1cc(C)c2c(=O)cc(/C=C(\C)OC(C)=O)oc2c1[C@@H]1O[C@H](COC(C)=O)[C@@H](OC(C)=O)[C@H](OC(C)=O)[C@H]1OC(C)=O. The highest BCUT2D eigenvalue weighted by Gasteiger charge is 2.54. The second-order valence-corrected chi connectivity index (χ2v) is 10.00. The molecule has 1 fully saturated rings. The lowest BCUT2D eigenvalue weighted by molar-refractivity contribution is -0.254. The van der Waals surface area contributed by atoms with Crippen LogP contribution < -0.4 is 10.2 Å². The van der Waals surface area contributed by atoms with Crippen LogP contribution in [0.4, 0.5) is 0 Å². The summed E-state index contributed by atoms with van der Waals surface area (Å²) in [5.41, 5.74) is 0.0209. The van der Waals surface area contributed by atoms with Crippen LogP contribution in [0.3, 0.4) is 0 Å². The van der Waals surface area contributed by atoms with E-state index in [0.29, 0.717) is 5.56 Å². The fourth-order valence-corrected chi connectivity index (χ4v) is 4.96. The van der Waals surface area contributed by atoms with Crippen molar-refractivity contribution in [3.63, 3.8) is 0 Å². The van der Waals surface area contributed by atoms with Gasteiger partial charge in [-0.15, -0.1) is 0 Å². The molecule has 0 radical (unpaired) electrons. The summed E-state index contributed by atoms with van der Waals surface area (Å²) in [6.07, 6.45) is -5.68. The molecule has 14 heteroatoms. The summed E-state index contributed by atoms with van der Waals surface area (Å²) in [6.45, 7) is 8.37. The minimum Gasteiger partial charge on any atom is -0.496 e. The first kappa shape index (κ1) is 33.8. The van der Waals surface area contributed by atoms with Crippen molar-refractivity contribution in [3.8, 4) is 5.75 Å². The van der Waals surface area contributed by atoms with E-state index in [1.807, 2.05) is 0 Å². The molecule has 0 saturated carbocycles. The Morgan fingerprint density at radius 2 is 1.41 bits per heavy atom. The number of carbonyl (C=O) groups is 5. The number of esters is 5. The van der Waals surface area contributed by atoms with E-state index in [9.17, 15) is 28.8 Å². The fraction of sp³-hybridized carbons (Fsp3) is 0.467. The van der Waals surface area contributed by atoms with E-state index < -0.39 is 72.4 Å². The lowest BCUT2D eigenvalue weighted by Gasteiger charge is -2.44. The highest BCUT2D eigenvalue weighted by Crippen LogP contribution is 2.44. The van der Waals surface area contributed by atoms with Crippen LogP contribution in [0.15, 0.2) is 27.1 Å². The number of fused-ring (bicyclic) bond motifs is 1. The molecule has 238 valence electrons. The molecule has 1 aliphatic rings. The summed E-state index contributed by atoms with van der Waals surface area (Å²) < 4.78 is 45.0. The third kappa shape index (κ3) is 8.01. The molecule has 0 aliphatic carbocycles. The van der Waals surface area contributed by atoms with Gasteiger partial charge >= 0.3 is 29.8 Å². The molecule has 2 aromatic rings. The second kappa shape index (κ2) is 14.2. The lowest BCUT2D eigenvalue weighted by Crippen LogP contribution is -2.59. The molecule has 1 aromatic heterocycles. The van der Waals surface area contributed by atoms with Crippen LogP contribution in [0, 0.1) is 6.92 Å². The molecule has 0 bridgehead atoms. The monoisotopic (exact) mass is 618 g/mol. The van der Waals surface area contributed by atoms with E-state index in [4.69, 9.17) is 37.6 Å². The number of hydrogen-bond donors (Lipinski definition) is 0. The van der Waals surface area contributed by atoms with Crippen molar-refractivity contribution < 1.29 is 61.5 Å². The van der Waals surface area contributed by atoms with Crippen LogP contribution in [0.2, 0.25) is 0 Å². The molecule has 14 nitrogen and oxygen atoms in total. The van der Waals surface area contributed by atoms with Gasteiger partial charge in [-0.25, -0.2) is 0 Å². The van der Waals surface area contributed by atoms with Crippen LogP contribution in [-0.2, 0) is 52.4 Å². The highest BCUT2D eigenvalue weighted by atomic mass is 16.7. The van der Waals surface area contributed by atoms with Gasteiger partial charge in [-0.3, -0.25) is 28.8 Å². The first-order chi connectivity index (χ1) is 20.6. The van der Waals surface area contributed by atoms with Crippen LogP contribution in [-0.4, -0.2) is 68.0 Å². The highest BCUT2D eigenvalue weighted by molar-refractivity contribution is 5.87. The van der Waals surface area contributed by atoms with Crippen molar-refractivity contribution in [1.82, 2.24) is 0 Å². The van der Waals surface area contributed by atoms with Crippen molar-refractivity contribution >= 4 is 46.9 Å². The quantitative estimate of drug-likeness (QED) is 0.227. The van der Waals surface area contributed by atoms with E-state index in [1.54, 1.807) is 13.0 Å². The van der Waals surface area contributed by atoms with Crippen LogP contribution in [0.5, 0.6) is 5.75 Å². The maximum absolute atomic E-state index is 13.4. The molecule has 0 N–H and O–H groups in total. The molecule has 0 unspecified atom stereocenters. The number of allylic oxidation sites excluding steroid dienone is 1. The summed E-state index contributed by atoms with van der Waals surface area (Å²) in [7, 11) is 1.35. The van der Waals surface area contributed by atoms with E-state index in [0.717, 1.165) is 27.7 Å². The predicted molar refractivity (Wildman–Crippen MR) is 150 cm³/mol. The van der Waals surface area contributed by atoms with Gasteiger partial charge in [0.1, 0.15) is 41.7 Å². The third-order valence-electron chi connectivity index (χ3n) is 6.36. The minimum atomic E-state index is -1.48. The first-order valence-corrected chi connectivity index (χ1v) is 13.4. The topological polar surface area (TPSA) is 180 Å². The molecule has 1 saturated heterocycles. The number of hydrogen-bond acceptors (Lipinski definition) is 14. The lowest BCUT2D eigenvalue weighted by atomic mass is 9.88. The Bertz CT molecular complexity index is 1550. The summed E-state index contributed by atoms with van der Waals surface area (Å²) in [5, 5.41) is 0.121. The van der Waals surface area contributed by atoms with Gasteiger partial charge in [0.05, 0.1) is 18.1 Å². The zero-order valence-electron chi connectivity index (χ0n) is 25.5. The Morgan fingerprint density at radius 3 is 1.95 bits per heavy atom. The van der Waals surface area contributed by atoms with E-state index in [-0.39, 0.29) is 33.8 Å². The minimum absolute atomic E-state index is 0.000729. The third-order valence-corrected chi connectivity index (χ3v) is 6.36. The summed E-state index contributed by atoms with van der Waals surface area (Å²) in [4.78, 5) is 73.3. The number of ether oxygens (including phenoxy) is 7. The van der Waals surface area contributed by atoms with Crippen molar-refractivity contribution in [3.05, 3.63) is 45.0 Å².